The molecule has 1 aliphatic heterocycles. The van der Waals surface area contributed by atoms with Crippen molar-refractivity contribution in [3.05, 3.63) is 52.5 Å². The first-order chi connectivity index (χ1) is 12.7. The van der Waals surface area contributed by atoms with Gasteiger partial charge in [0.25, 0.3) is 5.91 Å². The van der Waals surface area contributed by atoms with Crippen LogP contribution in [-0.4, -0.2) is 33.7 Å². The van der Waals surface area contributed by atoms with Crippen molar-refractivity contribution in [2.24, 2.45) is 0 Å². The van der Waals surface area contributed by atoms with E-state index < -0.39 is 22.4 Å². The van der Waals surface area contributed by atoms with Crippen LogP contribution in [0.4, 0.5) is 14.5 Å². The Bertz CT molecular complexity index is 995. The molecule has 0 spiro atoms. The summed E-state index contributed by atoms with van der Waals surface area (Å²) in [5, 5.41) is 0.0757. The normalized spacial score (nSPS) is 14.2. The number of carbonyl (C=O) groups is 1. The summed E-state index contributed by atoms with van der Waals surface area (Å²) in [6.07, 6.45) is 2.26. The van der Waals surface area contributed by atoms with Gasteiger partial charge in [0.1, 0.15) is 5.75 Å². The Morgan fingerprint density at radius 1 is 1.26 bits per heavy atom. The van der Waals surface area contributed by atoms with Crippen molar-refractivity contribution >= 4 is 33.0 Å². The second-order valence-electron chi connectivity index (χ2n) is 6.12. The first-order valence-corrected chi connectivity index (χ1v) is 10.3. The molecular weight excluding hydrogens is 400 g/mol. The average molecular weight is 416 g/mol. The molecule has 0 saturated heterocycles. The number of carbonyl (C=O) groups excluding carboxylic acids is 1. The van der Waals surface area contributed by atoms with Crippen molar-refractivity contribution in [1.29, 1.82) is 0 Å². The molecule has 3 rings (SSSR count). The molecule has 0 aliphatic carbocycles. The zero-order valence-electron chi connectivity index (χ0n) is 14.3. The molecule has 5 nitrogen and oxygen atoms in total. The van der Waals surface area contributed by atoms with Crippen molar-refractivity contribution in [3.63, 3.8) is 0 Å². The zero-order chi connectivity index (χ0) is 19.8. The standard InChI is InChI=1S/C18H16ClF2NO4S/c1-27(24,25)12-7-8-14(19)13(10-12)17(23)22-9-3-5-11-4-2-6-15(16(11)22)26-18(20)21/h2,4,6-8,10,18H,3,5,9H2,1H3. The van der Waals surface area contributed by atoms with Gasteiger partial charge in [-0.3, -0.25) is 4.79 Å². The van der Waals surface area contributed by atoms with Crippen LogP contribution in [0.5, 0.6) is 5.75 Å². The van der Waals surface area contributed by atoms with Gasteiger partial charge in [-0.2, -0.15) is 8.78 Å². The van der Waals surface area contributed by atoms with Crippen LogP contribution in [0.2, 0.25) is 5.02 Å². The van der Waals surface area contributed by atoms with E-state index in [9.17, 15) is 22.0 Å². The molecule has 1 amide bonds. The van der Waals surface area contributed by atoms with Crippen LogP contribution in [0.3, 0.4) is 0 Å². The minimum atomic E-state index is -3.54. The van der Waals surface area contributed by atoms with Crippen molar-refractivity contribution < 1.29 is 26.7 Å². The maximum absolute atomic E-state index is 13.1. The van der Waals surface area contributed by atoms with Gasteiger partial charge >= 0.3 is 6.61 Å². The molecule has 1 aliphatic rings. The monoisotopic (exact) mass is 415 g/mol. The fourth-order valence-electron chi connectivity index (χ4n) is 3.05. The molecule has 0 aromatic heterocycles. The van der Waals surface area contributed by atoms with Gasteiger partial charge in [-0.15, -0.1) is 0 Å². The number of alkyl halides is 2. The Morgan fingerprint density at radius 3 is 2.67 bits per heavy atom. The highest BCUT2D eigenvalue weighted by molar-refractivity contribution is 7.90. The largest absolute Gasteiger partial charge is 0.433 e. The summed E-state index contributed by atoms with van der Waals surface area (Å²) in [6, 6.07) is 8.53. The lowest BCUT2D eigenvalue weighted by Gasteiger charge is -2.31. The molecule has 1 heterocycles. The highest BCUT2D eigenvalue weighted by Gasteiger charge is 2.29. The van der Waals surface area contributed by atoms with E-state index >= 15 is 0 Å². The second kappa shape index (κ2) is 7.44. The lowest BCUT2D eigenvalue weighted by molar-refractivity contribution is -0.0495. The third kappa shape index (κ3) is 4.06. The summed E-state index contributed by atoms with van der Waals surface area (Å²) in [6.45, 7) is -2.76. The van der Waals surface area contributed by atoms with Gasteiger partial charge in [0.15, 0.2) is 9.84 Å². The number of aryl methyl sites for hydroxylation is 1. The van der Waals surface area contributed by atoms with Crippen molar-refractivity contribution in [2.75, 3.05) is 17.7 Å². The second-order valence-corrected chi connectivity index (χ2v) is 8.54. The minimum Gasteiger partial charge on any atom is -0.433 e. The molecule has 27 heavy (non-hydrogen) atoms. The van der Waals surface area contributed by atoms with Crippen LogP contribution in [0.1, 0.15) is 22.3 Å². The number of sulfone groups is 1. The number of amides is 1. The van der Waals surface area contributed by atoms with Crippen molar-refractivity contribution in [1.82, 2.24) is 0 Å². The quantitative estimate of drug-likeness (QED) is 0.758. The van der Waals surface area contributed by atoms with Crippen LogP contribution in [-0.2, 0) is 16.3 Å². The van der Waals surface area contributed by atoms with Crippen LogP contribution in [0, 0.1) is 0 Å². The topological polar surface area (TPSA) is 63.7 Å². The number of ether oxygens (including phenoxy) is 1. The Labute approximate surface area is 160 Å². The van der Waals surface area contributed by atoms with E-state index in [0.717, 1.165) is 6.26 Å². The number of para-hydroxylation sites is 1. The molecule has 0 atom stereocenters. The number of halogens is 3. The smallest absolute Gasteiger partial charge is 0.387 e. The Kier molecular flexibility index (Phi) is 5.39. The van der Waals surface area contributed by atoms with Gasteiger partial charge in [-0.1, -0.05) is 23.7 Å². The maximum Gasteiger partial charge on any atom is 0.387 e. The Morgan fingerprint density at radius 2 is 2.00 bits per heavy atom. The molecule has 0 N–H and O–H groups in total. The highest BCUT2D eigenvalue weighted by atomic mass is 35.5. The number of benzene rings is 2. The number of hydrogen-bond acceptors (Lipinski definition) is 4. The Balaban J connectivity index is 2.08. The van der Waals surface area contributed by atoms with Gasteiger partial charge in [-0.05, 0) is 42.7 Å². The lowest BCUT2D eigenvalue weighted by atomic mass is 10.00. The molecule has 0 bridgehead atoms. The molecule has 144 valence electrons. The van der Waals surface area contributed by atoms with Gasteiger partial charge in [-0.25, -0.2) is 8.42 Å². The molecule has 0 fully saturated rings. The van der Waals surface area contributed by atoms with Crippen molar-refractivity contribution in [2.45, 2.75) is 24.3 Å². The van der Waals surface area contributed by atoms with Gasteiger partial charge in [0, 0.05) is 12.8 Å². The van der Waals surface area contributed by atoms with Gasteiger partial charge in [0.05, 0.1) is 21.2 Å². The van der Waals surface area contributed by atoms with Crippen LogP contribution in [0.15, 0.2) is 41.3 Å². The van der Waals surface area contributed by atoms with Crippen molar-refractivity contribution in [3.8, 4) is 5.75 Å². The van der Waals surface area contributed by atoms with Crippen LogP contribution < -0.4 is 9.64 Å². The van der Waals surface area contributed by atoms with E-state index in [-0.39, 0.29) is 33.5 Å². The predicted octanol–water partition coefficient (Wildman–Crippen LogP) is 3.94. The van der Waals surface area contributed by atoms with E-state index in [0.29, 0.717) is 18.4 Å². The minimum absolute atomic E-state index is 0.0145. The number of rotatable bonds is 4. The number of hydrogen-bond donors (Lipinski definition) is 0. The highest BCUT2D eigenvalue weighted by Crippen LogP contribution is 2.38. The van der Waals surface area contributed by atoms with E-state index in [1.165, 1.54) is 29.2 Å². The van der Waals surface area contributed by atoms with E-state index in [1.807, 2.05) is 0 Å². The predicted molar refractivity (Wildman–Crippen MR) is 97.6 cm³/mol. The summed E-state index contributed by atoms with van der Waals surface area (Å²) in [5.74, 6) is -0.678. The molecule has 0 saturated carbocycles. The first-order valence-electron chi connectivity index (χ1n) is 8.06. The molecule has 0 unspecified atom stereocenters. The van der Waals surface area contributed by atoms with E-state index in [4.69, 9.17) is 11.6 Å². The third-order valence-corrected chi connectivity index (χ3v) is 5.68. The zero-order valence-corrected chi connectivity index (χ0v) is 15.9. The fourth-order valence-corrected chi connectivity index (χ4v) is 3.90. The van der Waals surface area contributed by atoms with E-state index in [2.05, 4.69) is 4.74 Å². The molecule has 2 aromatic carbocycles. The summed E-state index contributed by atoms with van der Waals surface area (Å²) in [5.41, 5.74) is 0.942. The van der Waals surface area contributed by atoms with Crippen LogP contribution in [0.25, 0.3) is 0 Å². The fraction of sp³-hybridized carbons (Fsp3) is 0.278. The third-order valence-electron chi connectivity index (χ3n) is 4.24. The number of nitrogens with zero attached hydrogens (tertiary/aromatic N) is 1. The number of anilines is 1. The van der Waals surface area contributed by atoms with E-state index in [1.54, 1.807) is 12.1 Å². The summed E-state index contributed by atoms with van der Waals surface area (Å²) in [4.78, 5) is 14.4. The Hall–Kier alpha value is -2.19. The average Bonchev–Trinajstić information content (AvgIpc) is 2.60. The van der Waals surface area contributed by atoms with Crippen LogP contribution >= 0.6 is 11.6 Å². The molecule has 0 radical (unpaired) electrons. The first kappa shape index (κ1) is 19.6. The van der Waals surface area contributed by atoms with Gasteiger partial charge in [0.2, 0.25) is 0 Å². The summed E-state index contributed by atoms with van der Waals surface area (Å²) < 4.78 is 53.7. The lowest BCUT2D eigenvalue weighted by Crippen LogP contribution is -2.36. The summed E-state index contributed by atoms with van der Waals surface area (Å²) in [7, 11) is -3.54. The molecular formula is C18H16ClF2NO4S. The summed E-state index contributed by atoms with van der Waals surface area (Å²) >= 11 is 6.12. The molecule has 9 heteroatoms. The molecule has 2 aromatic rings. The SMILES string of the molecule is CS(=O)(=O)c1ccc(Cl)c(C(=O)N2CCCc3cccc(OC(F)F)c32)c1. The number of fused-ring (bicyclic) bond motifs is 1. The van der Waals surface area contributed by atoms with Gasteiger partial charge < -0.3 is 9.64 Å². The maximum atomic E-state index is 13.1.